The molecule has 1 atom stereocenters. The third kappa shape index (κ3) is 8.39. The van der Waals surface area contributed by atoms with Crippen molar-refractivity contribution in [2.24, 2.45) is 0 Å². The largest absolute Gasteiger partial charge is 0.390 e. The SMILES string of the molecule is CC(C)NC(=O)C(C)NCCC(C)(C)O. The highest BCUT2D eigenvalue weighted by Crippen LogP contribution is 2.05. The van der Waals surface area contributed by atoms with Gasteiger partial charge < -0.3 is 15.7 Å². The molecule has 4 heteroatoms. The lowest BCUT2D eigenvalue weighted by Crippen LogP contribution is -2.45. The van der Waals surface area contributed by atoms with Crippen molar-refractivity contribution in [3.05, 3.63) is 0 Å². The monoisotopic (exact) mass is 216 g/mol. The summed E-state index contributed by atoms with van der Waals surface area (Å²) in [5.41, 5.74) is -0.679. The molecular formula is C11H24N2O2. The Hall–Kier alpha value is -0.610. The number of rotatable bonds is 6. The van der Waals surface area contributed by atoms with Crippen molar-refractivity contribution < 1.29 is 9.90 Å². The molecule has 0 rings (SSSR count). The van der Waals surface area contributed by atoms with Crippen LogP contribution in [0.5, 0.6) is 0 Å². The predicted molar refractivity (Wildman–Crippen MR) is 61.7 cm³/mol. The van der Waals surface area contributed by atoms with Gasteiger partial charge in [0, 0.05) is 6.04 Å². The van der Waals surface area contributed by atoms with Gasteiger partial charge >= 0.3 is 0 Å². The molecular weight excluding hydrogens is 192 g/mol. The van der Waals surface area contributed by atoms with Crippen LogP contribution in [0.4, 0.5) is 0 Å². The highest BCUT2D eigenvalue weighted by atomic mass is 16.3. The van der Waals surface area contributed by atoms with Crippen LogP contribution in [0.3, 0.4) is 0 Å². The fourth-order valence-corrected chi connectivity index (χ4v) is 1.10. The molecule has 0 radical (unpaired) electrons. The molecule has 0 aliphatic carbocycles. The molecule has 0 saturated heterocycles. The van der Waals surface area contributed by atoms with E-state index in [1.165, 1.54) is 0 Å². The fourth-order valence-electron chi connectivity index (χ4n) is 1.10. The summed E-state index contributed by atoms with van der Waals surface area (Å²) in [6.07, 6.45) is 0.631. The number of aliphatic hydroxyl groups is 1. The van der Waals surface area contributed by atoms with E-state index in [1.54, 1.807) is 13.8 Å². The molecule has 15 heavy (non-hydrogen) atoms. The number of amides is 1. The first kappa shape index (κ1) is 14.4. The quantitative estimate of drug-likeness (QED) is 0.611. The zero-order chi connectivity index (χ0) is 12.1. The molecule has 0 aliphatic rings. The molecule has 0 heterocycles. The van der Waals surface area contributed by atoms with Gasteiger partial charge in [0.2, 0.25) is 5.91 Å². The van der Waals surface area contributed by atoms with Gasteiger partial charge in [-0.2, -0.15) is 0 Å². The second-order valence-electron chi connectivity index (χ2n) is 4.90. The highest BCUT2D eigenvalue weighted by Gasteiger charge is 2.15. The first-order chi connectivity index (χ1) is 6.72. The zero-order valence-corrected chi connectivity index (χ0v) is 10.4. The molecule has 0 saturated carbocycles. The van der Waals surface area contributed by atoms with Gasteiger partial charge in [0.15, 0.2) is 0 Å². The van der Waals surface area contributed by atoms with Gasteiger partial charge in [-0.15, -0.1) is 0 Å². The summed E-state index contributed by atoms with van der Waals surface area (Å²) in [5.74, 6) is 0.000691. The van der Waals surface area contributed by atoms with Crippen LogP contribution in [0.1, 0.15) is 41.0 Å². The summed E-state index contributed by atoms with van der Waals surface area (Å²) >= 11 is 0. The first-order valence-electron chi connectivity index (χ1n) is 5.48. The van der Waals surface area contributed by atoms with Crippen molar-refractivity contribution in [3.8, 4) is 0 Å². The number of carbonyl (C=O) groups is 1. The van der Waals surface area contributed by atoms with Crippen LogP contribution in [-0.2, 0) is 4.79 Å². The maximum Gasteiger partial charge on any atom is 0.237 e. The van der Waals surface area contributed by atoms with Crippen LogP contribution in [0.15, 0.2) is 0 Å². The van der Waals surface area contributed by atoms with Crippen LogP contribution in [-0.4, -0.2) is 35.2 Å². The third-order valence-corrected chi connectivity index (χ3v) is 2.01. The standard InChI is InChI=1S/C11H24N2O2/c1-8(2)13-10(14)9(3)12-7-6-11(4,5)15/h8-9,12,15H,6-7H2,1-5H3,(H,13,14). The number of hydrogen-bond acceptors (Lipinski definition) is 3. The van der Waals surface area contributed by atoms with Crippen molar-refractivity contribution in [3.63, 3.8) is 0 Å². The molecule has 0 bridgehead atoms. The molecule has 0 aliphatic heterocycles. The Bertz CT molecular complexity index is 197. The van der Waals surface area contributed by atoms with E-state index in [4.69, 9.17) is 0 Å². The maximum absolute atomic E-state index is 11.5. The Balaban J connectivity index is 3.74. The normalized spacial score (nSPS) is 14.1. The lowest BCUT2D eigenvalue weighted by molar-refractivity contribution is -0.123. The Morgan fingerprint density at radius 1 is 1.33 bits per heavy atom. The smallest absolute Gasteiger partial charge is 0.237 e. The van der Waals surface area contributed by atoms with Crippen molar-refractivity contribution in [2.75, 3.05) is 6.54 Å². The van der Waals surface area contributed by atoms with E-state index in [0.29, 0.717) is 13.0 Å². The Kier molecular flexibility index (Phi) is 5.83. The van der Waals surface area contributed by atoms with E-state index >= 15 is 0 Å². The minimum atomic E-state index is -0.679. The second kappa shape index (κ2) is 6.08. The summed E-state index contributed by atoms with van der Waals surface area (Å²) in [7, 11) is 0. The Morgan fingerprint density at radius 3 is 2.27 bits per heavy atom. The Morgan fingerprint density at radius 2 is 1.87 bits per heavy atom. The van der Waals surface area contributed by atoms with Crippen LogP contribution < -0.4 is 10.6 Å². The third-order valence-electron chi connectivity index (χ3n) is 2.01. The van der Waals surface area contributed by atoms with Crippen LogP contribution in [0.2, 0.25) is 0 Å². The molecule has 4 nitrogen and oxygen atoms in total. The highest BCUT2D eigenvalue weighted by molar-refractivity contribution is 5.81. The number of nitrogens with one attached hydrogen (secondary N) is 2. The fraction of sp³-hybridized carbons (Fsp3) is 0.909. The lowest BCUT2D eigenvalue weighted by Gasteiger charge is -2.20. The summed E-state index contributed by atoms with van der Waals surface area (Å²) in [6.45, 7) is 9.84. The van der Waals surface area contributed by atoms with Crippen LogP contribution >= 0.6 is 0 Å². The van der Waals surface area contributed by atoms with E-state index in [1.807, 2.05) is 20.8 Å². The van der Waals surface area contributed by atoms with Gasteiger partial charge in [-0.3, -0.25) is 4.79 Å². The van der Waals surface area contributed by atoms with Gasteiger partial charge in [0.05, 0.1) is 11.6 Å². The lowest BCUT2D eigenvalue weighted by atomic mass is 10.1. The molecule has 0 aromatic heterocycles. The summed E-state index contributed by atoms with van der Waals surface area (Å²) in [5, 5.41) is 15.4. The van der Waals surface area contributed by atoms with Crippen LogP contribution in [0.25, 0.3) is 0 Å². The van der Waals surface area contributed by atoms with Crippen molar-refractivity contribution in [1.82, 2.24) is 10.6 Å². The molecule has 0 aromatic rings. The van der Waals surface area contributed by atoms with E-state index in [9.17, 15) is 9.90 Å². The average molecular weight is 216 g/mol. The summed E-state index contributed by atoms with van der Waals surface area (Å²) < 4.78 is 0. The zero-order valence-electron chi connectivity index (χ0n) is 10.4. The van der Waals surface area contributed by atoms with Gasteiger partial charge in [-0.05, 0) is 47.6 Å². The minimum absolute atomic E-state index is 0.000691. The maximum atomic E-state index is 11.5. The summed E-state index contributed by atoms with van der Waals surface area (Å²) in [4.78, 5) is 11.5. The van der Waals surface area contributed by atoms with Crippen molar-refractivity contribution >= 4 is 5.91 Å². The van der Waals surface area contributed by atoms with Crippen molar-refractivity contribution in [1.29, 1.82) is 0 Å². The van der Waals surface area contributed by atoms with Gasteiger partial charge in [0.1, 0.15) is 0 Å². The molecule has 0 aromatic carbocycles. The Labute approximate surface area is 92.4 Å². The topological polar surface area (TPSA) is 61.4 Å². The van der Waals surface area contributed by atoms with Gasteiger partial charge in [-0.25, -0.2) is 0 Å². The number of carbonyl (C=O) groups excluding carboxylic acids is 1. The number of hydrogen-bond donors (Lipinski definition) is 3. The first-order valence-corrected chi connectivity index (χ1v) is 5.48. The molecule has 90 valence electrons. The molecule has 1 amide bonds. The second-order valence-corrected chi connectivity index (χ2v) is 4.90. The molecule has 3 N–H and O–H groups in total. The predicted octanol–water partition coefficient (Wildman–Crippen LogP) is 0.650. The average Bonchev–Trinajstić information content (AvgIpc) is 2.00. The van der Waals surface area contributed by atoms with E-state index < -0.39 is 5.60 Å². The molecule has 0 fully saturated rings. The van der Waals surface area contributed by atoms with Gasteiger partial charge in [-0.1, -0.05) is 0 Å². The summed E-state index contributed by atoms with van der Waals surface area (Å²) in [6, 6.07) is -0.0502. The van der Waals surface area contributed by atoms with Crippen LogP contribution in [0, 0.1) is 0 Å². The minimum Gasteiger partial charge on any atom is -0.390 e. The van der Waals surface area contributed by atoms with E-state index in [2.05, 4.69) is 10.6 Å². The molecule has 1 unspecified atom stereocenters. The molecule has 0 spiro atoms. The van der Waals surface area contributed by atoms with E-state index in [-0.39, 0.29) is 18.0 Å². The van der Waals surface area contributed by atoms with Gasteiger partial charge in [0.25, 0.3) is 0 Å². The van der Waals surface area contributed by atoms with E-state index in [0.717, 1.165) is 0 Å². The van der Waals surface area contributed by atoms with Crippen molar-refractivity contribution in [2.45, 2.75) is 58.7 Å².